The van der Waals surface area contributed by atoms with Gasteiger partial charge in [0.25, 0.3) is 0 Å². The summed E-state index contributed by atoms with van der Waals surface area (Å²) in [5.74, 6) is 0.359. The fraction of sp³-hybridized carbons (Fsp3) is 0.882. The number of piperazine rings is 1. The normalized spacial score (nSPS) is 25.2. The van der Waals surface area contributed by atoms with Crippen LogP contribution in [0.15, 0.2) is 0 Å². The first-order valence-corrected chi connectivity index (χ1v) is 8.30. The molecule has 0 aromatic carbocycles. The van der Waals surface area contributed by atoms with Crippen molar-refractivity contribution in [2.75, 3.05) is 0 Å². The van der Waals surface area contributed by atoms with Gasteiger partial charge in [0.05, 0.1) is 0 Å². The Morgan fingerprint density at radius 3 is 2.19 bits per heavy atom. The predicted octanol–water partition coefficient (Wildman–Crippen LogP) is 2.96. The maximum atomic E-state index is 13.0. The number of hydrogen-bond acceptors (Lipinski definition) is 2. The molecule has 4 heteroatoms. The molecule has 1 fully saturated rings. The van der Waals surface area contributed by atoms with Crippen LogP contribution in [0.2, 0.25) is 0 Å². The first kappa shape index (κ1) is 18.0. The van der Waals surface area contributed by atoms with Crippen molar-refractivity contribution in [1.82, 2.24) is 10.2 Å². The van der Waals surface area contributed by atoms with Crippen LogP contribution in [0.3, 0.4) is 0 Å². The van der Waals surface area contributed by atoms with Gasteiger partial charge in [-0.3, -0.25) is 9.59 Å². The van der Waals surface area contributed by atoms with Gasteiger partial charge in [-0.1, -0.05) is 47.5 Å². The molecular formula is C17H32N2O2. The summed E-state index contributed by atoms with van der Waals surface area (Å²) in [6, 6.07) is -0.743. The molecule has 3 atom stereocenters. The van der Waals surface area contributed by atoms with Gasteiger partial charge < -0.3 is 10.2 Å². The number of carbonyl (C=O) groups excluding carboxylic acids is 2. The van der Waals surface area contributed by atoms with Gasteiger partial charge >= 0.3 is 0 Å². The van der Waals surface area contributed by atoms with Crippen LogP contribution in [0.25, 0.3) is 0 Å². The van der Waals surface area contributed by atoms with E-state index in [1.54, 1.807) is 0 Å². The lowest BCUT2D eigenvalue weighted by Gasteiger charge is -2.50. The van der Waals surface area contributed by atoms with Gasteiger partial charge in [-0.2, -0.15) is 0 Å². The van der Waals surface area contributed by atoms with Crippen LogP contribution in [0, 0.1) is 11.8 Å². The van der Waals surface area contributed by atoms with Crippen LogP contribution >= 0.6 is 0 Å². The molecular weight excluding hydrogens is 264 g/mol. The number of rotatable bonds is 6. The highest BCUT2D eigenvalue weighted by Gasteiger charge is 2.48. The number of nitrogens with one attached hydrogen (secondary N) is 1. The molecule has 1 heterocycles. The van der Waals surface area contributed by atoms with Crippen molar-refractivity contribution in [3.8, 4) is 0 Å². The molecule has 0 radical (unpaired) electrons. The smallest absolute Gasteiger partial charge is 0.246 e. The van der Waals surface area contributed by atoms with E-state index in [-0.39, 0.29) is 41.3 Å². The summed E-state index contributed by atoms with van der Waals surface area (Å²) in [6.45, 7) is 14.4. The molecule has 0 aromatic heterocycles. The fourth-order valence-electron chi connectivity index (χ4n) is 3.33. The second-order valence-corrected chi connectivity index (χ2v) is 7.33. The molecule has 4 nitrogen and oxygen atoms in total. The summed E-state index contributed by atoms with van der Waals surface area (Å²) in [6.07, 6.45) is 2.78. The minimum absolute atomic E-state index is 0.000854. The Morgan fingerprint density at radius 2 is 1.76 bits per heavy atom. The van der Waals surface area contributed by atoms with Gasteiger partial charge in [-0.15, -0.1) is 0 Å². The summed E-state index contributed by atoms with van der Waals surface area (Å²) in [5.41, 5.74) is -0.287. The summed E-state index contributed by atoms with van der Waals surface area (Å²) in [7, 11) is 0. The highest BCUT2D eigenvalue weighted by molar-refractivity contribution is 5.97. The molecule has 1 rings (SSSR count). The number of hydrogen-bond donors (Lipinski definition) is 1. The van der Waals surface area contributed by atoms with Crippen LogP contribution in [0.1, 0.15) is 67.7 Å². The van der Waals surface area contributed by atoms with Gasteiger partial charge in [0.2, 0.25) is 11.8 Å². The number of amides is 2. The van der Waals surface area contributed by atoms with Gasteiger partial charge in [0, 0.05) is 5.54 Å². The molecule has 1 aliphatic heterocycles. The zero-order valence-corrected chi connectivity index (χ0v) is 14.7. The average molecular weight is 296 g/mol. The lowest BCUT2D eigenvalue weighted by molar-refractivity contribution is -0.160. The Hall–Kier alpha value is -1.06. The Balaban J connectivity index is 3.21. The maximum Gasteiger partial charge on any atom is 0.246 e. The minimum atomic E-state index is -0.381. The molecule has 0 spiro atoms. The third kappa shape index (κ3) is 3.58. The standard InChI is InChI=1S/C17H32N2O2/c1-8-10-17(6,7)19-14(11(3)4)15(20)18-13(16(19)21)12(5)9-2/h11-14H,8-10H2,1-7H3,(H,18,20). The van der Waals surface area contributed by atoms with Crippen LogP contribution in [0.4, 0.5) is 0 Å². The van der Waals surface area contributed by atoms with Gasteiger partial charge in [-0.25, -0.2) is 0 Å². The molecule has 0 aromatic rings. The average Bonchev–Trinajstić information content (AvgIpc) is 2.38. The van der Waals surface area contributed by atoms with Gasteiger partial charge in [0.15, 0.2) is 0 Å². The Morgan fingerprint density at radius 1 is 1.19 bits per heavy atom. The van der Waals surface area contributed by atoms with Gasteiger partial charge in [-0.05, 0) is 32.1 Å². The molecule has 1 aliphatic rings. The predicted molar refractivity (Wildman–Crippen MR) is 85.8 cm³/mol. The molecule has 3 unspecified atom stereocenters. The van der Waals surface area contributed by atoms with Crippen molar-refractivity contribution in [1.29, 1.82) is 0 Å². The second kappa shape index (κ2) is 6.80. The minimum Gasteiger partial charge on any atom is -0.342 e. The Labute approximate surface area is 129 Å². The lowest BCUT2D eigenvalue weighted by atomic mass is 9.85. The van der Waals surface area contributed by atoms with E-state index in [1.165, 1.54) is 0 Å². The van der Waals surface area contributed by atoms with E-state index in [9.17, 15) is 9.59 Å². The Kier molecular flexibility index (Phi) is 5.83. The maximum absolute atomic E-state index is 13.0. The number of carbonyl (C=O) groups is 2. The van der Waals surface area contributed by atoms with Gasteiger partial charge in [0.1, 0.15) is 12.1 Å². The largest absolute Gasteiger partial charge is 0.342 e. The monoisotopic (exact) mass is 296 g/mol. The van der Waals surface area contributed by atoms with Crippen LogP contribution in [0.5, 0.6) is 0 Å². The zero-order valence-electron chi connectivity index (χ0n) is 14.7. The molecule has 0 saturated carbocycles. The molecule has 1 N–H and O–H groups in total. The van der Waals surface area contributed by atoms with E-state index in [1.807, 2.05) is 25.7 Å². The van der Waals surface area contributed by atoms with Crippen molar-refractivity contribution < 1.29 is 9.59 Å². The van der Waals surface area contributed by atoms with Crippen molar-refractivity contribution in [2.45, 2.75) is 85.4 Å². The summed E-state index contributed by atoms with van der Waals surface area (Å²) in [5, 5.41) is 2.96. The Bertz CT molecular complexity index is 390. The first-order chi connectivity index (χ1) is 9.67. The number of nitrogens with zero attached hydrogens (tertiary/aromatic N) is 1. The molecule has 0 aliphatic carbocycles. The van der Waals surface area contributed by atoms with E-state index in [2.05, 4.69) is 33.0 Å². The van der Waals surface area contributed by atoms with Crippen LogP contribution < -0.4 is 5.32 Å². The van der Waals surface area contributed by atoms with E-state index >= 15 is 0 Å². The molecule has 122 valence electrons. The topological polar surface area (TPSA) is 49.4 Å². The third-order valence-corrected chi connectivity index (χ3v) is 4.71. The quantitative estimate of drug-likeness (QED) is 0.819. The first-order valence-electron chi connectivity index (χ1n) is 8.30. The molecule has 1 saturated heterocycles. The van der Waals surface area contributed by atoms with E-state index in [0.29, 0.717) is 0 Å². The summed E-state index contributed by atoms with van der Waals surface area (Å²) < 4.78 is 0. The zero-order chi connectivity index (χ0) is 16.4. The van der Waals surface area contributed by atoms with E-state index in [4.69, 9.17) is 0 Å². The van der Waals surface area contributed by atoms with Crippen molar-refractivity contribution >= 4 is 11.8 Å². The van der Waals surface area contributed by atoms with Crippen LogP contribution in [-0.2, 0) is 9.59 Å². The third-order valence-electron chi connectivity index (χ3n) is 4.71. The lowest BCUT2D eigenvalue weighted by Crippen LogP contribution is -2.70. The highest BCUT2D eigenvalue weighted by atomic mass is 16.2. The SMILES string of the molecule is CCCC(C)(C)N1C(=O)C(C(C)CC)NC(=O)C1C(C)C. The molecule has 21 heavy (non-hydrogen) atoms. The highest BCUT2D eigenvalue weighted by Crippen LogP contribution is 2.31. The fourth-order valence-corrected chi connectivity index (χ4v) is 3.33. The van der Waals surface area contributed by atoms with Crippen molar-refractivity contribution in [3.63, 3.8) is 0 Å². The second-order valence-electron chi connectivity index (χ2n) is 7.33. The summed E-state index contributed by atoms with van der Waals surface area (Å²) in [4.78, 5) is 27.5. The van der Waals surface area contributed by atoms with Crippen molar-refractivity contribution in [3.05, 3.63) is 0 Å². The molecule has 2 amide bonds. The van der Waals surface area contributed by atoms with Crippen molar-refractivity contribution in [2.24, 2.45) is 11.8 Å². The molecule has 0 bridgehead atoms. The van der Waals surface area contributed by atoms with Crippen LogP contribution in [-0.4, -0.2) is 34.3 Å². The van der Waals surface area contributed by atoms with E-state index < -0.39 is 0 Å². The summed E-state index contributed by atoms with van der Waals surface area (Å²) >= 11 is 0. The van der Waals surface area contributed by atoms with E-state index in [0.717, 1.165) is 19.3 Å².